The molecule has 0 atom stereocenters. The Morgan fingerprint density at radius 3 is 2.11 bits per heavy atom. The minimum atomic E-state index is 0.592. The lowest BCUT2D eigenvalue weighted by Crippen LogP contribution is -2.32. The van der Waals surface area contributed by atoms with Gasteiger partial charge in [-0.2, -0.15) is 0 Å². The van der Waals surface area contributed by atoms with E-state index in [2.05, 4.69) is 57.4 Å². The van der Waals surface area contributed by atoms with Crippen molar-refractivity contribution < 1.29 is 0 Å². The molecule has 0 aliphatic heterocycles. The van der Waals surface area contributed by atoms with Crippen molar-refractivity contribution in [2.45, 2.75) is 47.5 Å². The number of anilines is 1. The molecule has 2 N–H and O–H groups in total. The summed E-state index contributed by atoms with van der Waals surface area (Å²) in [5.74, 6) is 0.592. The van der Waals surface area contributed by atoms with Gasteiger partial charge in [-0.1, -0.05) is 45.4 Å². The first-order valence-corrected chi connectivity index (χ1v) is 7.55. The van der Waals surface area contributed by atoms with E-state index in [9.17, 15) is 0 Å². The van der Waals surface area contributed by atoms with Crippen molar-refractivity contribution in [3.05, 3.63) is 28.8 Å². The van der Waals surface area contributed by atoms with Crippen LogP contribution in [0.15, 0.2) is 12.1 Å². The molecule has 0 saturated heterocycles. The number of nitrogens with one attached hydrogen (secondary N) is 2. The van der Waals surface area contributed by atoms with Gasteiger partial charge in [0.05, 0.1) is 0 Å². The van der Waals surface area contributed by atoms with Crippen molar-refractivity contribution in [3.63, 3.8) is 0 Å². The van der Waals surface area contributed by atoms with Gasteiger partial charge in [-0.05, 0) is 49.0 Å². The van der Waals surface area contributed by atoms with Crippen LogP contribution < -0.4 is 10.6 Å². The van der Waals surface area contributed by atoms with E-state index in [-0.39, 0.29) is 0 Å². The molecule has 0 radical (unpaired) electrons. The predicted octanol–water partition coefficient (Wildman–Crippen LogP) is 4.06. The first-order chi connectivity index (χ1) is 8.97. The number of thiocarbonyl (C=S) groups is 1. The smallest absolute Gasteiger partial charge is 0.170 e. The van der Waals surface area contributed by atoms with Crippen molar-refractivity contribution in [1.29, 1.82) is 0 Å². The third-order valence-electron chi connectivity index (χ3n) is 3.12. The standard InChI is InChI=1S/C16H26N2S/c1-6-13-8-12(5)9-14(7-2)15(13)18-16(19)17-10-11(3)4/h8-9,11H,6-7,10H2,1-5H3,(H2,17,18,19). The number of hydrogen-bond acceptors (Lipinski definition) is 1. The van der Waals surface area contributed by atoms with Crippen molar-refractivity contribution in [1.82, 2.24) is 5.32 Å². The summed E-state index contributed by atoms with van der Waals surface area (Å²) < 4.78 is 0. The third-order valence-corrected chi connectivity index (χ3v) is 3.36. The van der Waals surface area contributed by atoms with E-state index < -0.39 is 0 Å². The molecule has 0 heterocycles. The SMILES string of the molecule is CCc1cc(C)cc(CC)c1NC(=S)NCC(C)C. The van der Waals surface area contributed by atoms with E-state index in [1.807, 2.05) is 0 Å². The Bertz CT molecular complexity index is 413. The summed E-state index contributed by atoms with van der Waals surface area (Å²) in [5, 5.41) is 7.38. The molecule has 19 heavy (non-hydrogen) atoms. The first kappa shape index (κ1) is 16.0. The molecule has 0 aliphatic carbocycles. The highest BCUT2D eigenvalue weighted by molar-refractivity contribution is 7.80. The fourth-order valence-electron chi connectivity index (χ4n) is 2.11. The highest BCUT2D eigenvalue weighted by Gasteiger charge is 2.09. The van der Waals surface area contributed by atoms with Crippen LogP contribution in [0.1, 0.15) is 44.4 Å². The monoisotopic (exact) mass is 278 g/mol. The topological polar surface area (TPSA) is 24.1 Å². The average Bonchev–Trinajstić information content (AvgIpc) is 2.37. The lowest BCUT2D eigenvalue weighted by atomic mass is 10.00. The second-order valence-electron chi connectivity index (χ2n) is 5.39. The molecule has 0 unspecified atom stereocenters. The Labute approximate surface area is 123 Å². The summed E-state index contributed by atoms with van der Waals surface area (Å²) in [6, 6.07) is 4.49. The van der Waals surface area contributed by atoms with Crippen LogP contribution >= 0.6 is 12.2 Å². The second kappa shape index (κ2) is 7.49. The van der Waals surface area contributed by atoms with E-state index in [0.717, 1.165) is 24.5 Å². The Kier molecular flexibility index (Phi) is 6.29. The summed E-state index contributed by atoms with van der Waals surface area (Å²) in [4.78, 5) is 0. The molecular weight excluding hydrogens is 252 g/mol. The average molecular weight is 278 g/mol. The van der Waals surface area contributed by atoms with Crippen molar-refractivity contribution >= 4 is 23.0 Å². The Balaban J connectivity index is 2.89. The highest BCUT2D eigenvalue weighted by atomic mass is 32.1. The molecule has 0 saturated carbocycles. The lowest BCUT2D eigenvalue weighted by Gasteiger charge is -2.18. The number of benzene rings is 1. The molecule has 0 aromatic heterocycles. The zero-order valence-corrected chi connectivity index (χ0v) is 13.6. The van der Waals surface area contributed by atoms with Gasteiger partial charge in [-0.15, -0.1) is 0 Å². The van der Waals surface area contributed by atoms with Crippen molar-refractivity contribution in [2.75, 3.05) is 11.9 Å². The maximum atomic E-state index is 5.38. The van der Waals surface area contributed by atoms with Crippen LogP contribution in [0.5, 0.6) is 0 Å². The van der Waals surface area contributed by atoms with Crippen LogP contribution in [0.3, 0.4) is 0 Å². The van der Waals surface area contributed by atoms with E-state index in [1.165, 1.54) is 22.4 Å². The van der Waals surface area contributed by atoms with Crippen molar-refractivity contribution in [2.24, 2.45) is 5.92 Å². The van der Waals surface area contributed by atoms with Gasteiger partial charge in [0.1, 0.15) is 0 Å². The number of hydrogen-bond donors (Lipinski definition) is 2. The minimum Gasteiger partial charge on any atom is -0.362 e. The van der Waals surface area contributed by atoms with Crippen molar-refractivity contribution in [3.8, 4) is 0 Å². The molecule has 1 aromatic rings. The molecule has 106 valence electrons. The van der Waals surface area contributed by atoms with Gasteiger partial charge < -0.3 is 10.6 Å². The zero-order chi connectivity index (χ0) is 14.4. The Hall–Kier alpha value is -1.09. The minimum absolute atomic E-state index is 0.592. The zero-order valence-electron chi connectivity index (χ0n) is 12.8. The van der Waals surface area contributed by atoms with E-state index in [1.54, 1.807) is 0 Å². The summed E-state index contributed by atoms with van der Waals surface area (Å²) in [7, 11) is 0. The predicted molar refractivity (Wildman–Crippen MR) is 89.0 cm³/mol. The van der Waals surface area contributed by atoms with Gasteiger partial charge in [0, 0.05) is 12.2 Å². The largest absolute Gasteiger partial charge is 0.362 e. The van der Waals surface area contributed by atoms with Crippen LogP contribution in [0.25, 0.3) is 0 Å². The third kappa shape index (κ3) is 4.83. The van der Waals surface area contributed by atoms with Crippen LogP contribution in [-0.2, 0) is 12.8 Å². The molecule has 0 amide bonds. The summed E-state index contributed by atoms with van der Waals surface area (Å²) >= 11 is 5.38. The maximum Gasteiger partial charge on any atom is 0.170 e. The lowest BCUT2D eigenvalue weighted by molar-refractivity contribution is 0.627. The fourth-order valence-corrected chi connectivity index (χ4v) is 2.30. The summed E-state index contributed by atoms with van der Waals surface area (Å²) in [6.45, 7) is 11.8. The number of aryl methyl sites for hydroxylation is 3. The Morgan fingerprint density at radius 2 is 1.68 bits per heavy atom. The molecule has 3 heteroatoms. The molecule has 1 aromatic carbocycles. The van der Waals surface area contributed by atoms with Crippen LogP contribution in [0.2, 0.25) is 0 Å². The number of rotatable bonds is 5. The van der Waals surface area contributed by atoms with E-state index in [0.29, 0.717) is 5.92 Å². The molecule has 0 bridgehead atoms. The maximum absolute atomic E-state index is 5.38. The van der Waals surface area contributed by atoms with Gasteiger partial charge in [0.25, 0.3) is 0 Å². The van der Waals surface area contributed by atoms with E-state index >= 15 is 0 Å². The van der Waals surface area contributed by atoms with Crippen LogP contribution in [-0.4, -0.2) is 11.7 Å². The molecule has 2 nitrogen and oxygen atoms in total. The highest BCUT2D eigenvalue weighted by Crippen LogP contribution is 2.24. The van der Waals surface area contributed by atoms with E-state index in [4.69, 9.17) is 12.2 Å². The normalized spacial score (nSPS) is 10.6. The van der Waals surface area contributed by atoms with Gasteiger partial charge >= 0.3 is 0 Å². The Morgan fingerprint density at radius 1 is 1.16 bits per heavy atom. The van der Waals surface area contributed by atoms with Crippen LogP contribution in [0, 0.1) is 12.8 Å². The summed E-state index contributed by atoms with van der Waals surface area (Å²) in [5.41, 5.74) is 5.19. The second-order valence-corrected chi connectivity index (χ2v) is 5.80. The molecule has 1 rings (SSSR count). The molecule has 0 fully saturated rings. The first-order valence-electron chi connectivity index (χ1n) is 7.15. The van der Waals surface area contributed by atoms with Gasteiger partial charge in [-0.3, -0.25) is 0 Å². The molecule has 0 spiro atoms. The molecule has 0 aliphatic rings. The van der Waals surface area contributed by atoms with Crippen LogP contribution in [0.4, 0.5) is 5.69 Å². The van der Waals surface area contributed by atoms with Gasteiger partial charge in [0.15, 0.2) is 5.11 Å². The fraction of sp³-hybridized carbons (Fsp3) is 0.562. The van der Waals surface area contributed by atoms with Gasteiger partial charge in [0.2, 0.25) is 0 Å². The molecular formula is C16H26N2S. The summed E-state index contributed by atoms with van der Waals surface area (Å²) in [6.07, 6.45) is 2.04. The quantitative estimate of drug-likeness (QED) is 0.794. The van der Waals surface area contributed by atoms with Gasteiger partial charge in [-0.25, -0.2) is 0 Å².